The molecule has 1 aliphatic carbocycles. The van der Waals surface area contributed by atoms with Crippen LogP contribution in [0.2, 0.25) is 0 Å². The molecule has 0 saturated heterocycles. The van der Waals surface area contributed by atoms with Crippen LogP contribution in [0.3, 0.4) is 0 Å². The third-order valence-corrected chi connectivity index (χ3v) is 3.81. The maximum Gasteiger partial charge on any atom is 0.235 e. The summed E-state index contributed by atoms with van der Waals surface area (Å²) in [6.45, 7) is 3.72. The molecule has 0 amide bonds. The standard InChI is InChI=1S/C16H20FNO3/c1-11(2)21-15-9-13(17)12(8-14(15)20-3)16(18-10-19)6-4-5-7-16/h8-9,11H,4-7H2,1-3H3. The monoisotopic (exact) mass is 293 g/mol. The lowest BCUT2D eigenvalue weighted by Gasteiger charge is -2.25. The Balaban J connectivity index is 2.51. The molecule has 1 fully saturated rings. The Morgan fingerprint density at radius 3 is 2.48 bits per heavy atom. The van der Waals surface area contributed by atoms with Crippen LogP contribution in [0.15, 0.2) is 17.1 Å². The SMILES string of the molecule is COc1cc(C2(N=C=O)CCCC2)c(F)cc1OC(C)C. The van der Waals surface area contributed by atoms with Crippen molar-refractivity contribution in [2.45, 2.75) is 51.2 Å². The van der Waals surface area contributed by atoms with E-state index in [0.29, 0.717) is 29.9 Å². The molecule has 0 unspecified atom stereocenters. The van der Waals surface area contributed by atoms with Crippen LogP contribution < -0.4 is 9.47 Å². The predicted octanol–water partition coefficient (Wildman–Crippen LogP) is 3.73. The zero-order chi connectivity index (χ0) is 15.5. The number of benzene rings is 1. The van der Waals surface area contributed by atoms with Crippen LogP contribution in [-0.4, -0.2) is 19.3 Å². The zero-order valence-corrected chi connectivity index (χ0v) is 12.6. The molecule has 0 spiro atoms. The smallest absolute Gasteiger partial charge is 0.235 e. The van der Waals surface area contributed by atoms with Crippen LogP contribution in [-0.2, 0) is 10.3 Å². The Labute approximate surface area is 124 Å². The Morgan fingerprint density at radius 1 is 1.29 bits per heavy atom. The van der Waals surface area contributed by atoms with Crippen LogP contribution in [0.4, 0.5) is 4.39 Å². The molecule has 0 atom stereocenters. The van der Waals surface area contributed by atoms with E-state index < -0.39 is 11.4 Å². The highest BCUT2D eigenvalue weighted by molar-refractivity contribution is 5.48. The summed E-state index contributed by atoms with van der Waals surface area (Å²) in [5.74, 6) is 0.386. The van der Waals surface area contributed by atoms with Gasteiger partial charge in [0.25, 0.3) is 0 Å². The first kappa shape index (κ1) is 15.5. The van der Waals surface area contributed by atoms with Gasteiger partial charge in [0.1, 0.15) is 11.4 Å². The van der Waals surface area contributed by atoms with Crippen LogP contribution in [0, 0.1) is 5.82 Å². The van der Waals surface area contributed by atoms with Crippen LogP contribution in [0.5, 0.6) is 11.5 Å². The lowest BCUT2D eigenvalue weighted by Crippen LogP contribution is -2.21. The molecule has 0 heterocycles. The fourth-order valence-electron chi connectivity index (χ4n) is 2.89. The fraction of sp³-hybridized carbons (Fsp3) is 0.562. The third kappa shape index (κ3) is 3.08. The molecule has 114 valence electrons. The number of aliphatic imine (C=N–C) groups is 1. The molecule has 1 aromatic rings. The van der Waals surface area contributed by atoms with Crippen molar-refractivity contribution in [3.63, 3.8) is 0 Å². The van der Waals surface area contributed by atoms with Gasteiger partial charge in [-0.3, -0.25) is 0 Å². The van der Waals surface area contributed by atoms with Gasteiger partial charge in [-0.2, -0.15) is 4.99 Å². The summed E-state index contributed by atoms with van der Waals surface area (Å²) in [4.78, 5) is 14.7. The molecule has 5 heteroatoms. The summed E-state index contributed by atoms with van der Waals surface area (Å²) >= 11 is 0. The molecule has 1 aromatic carbocycles. The minimum absolute atomic E-state index is 0.0856. The summed E-state index contributed by atoms with van der Waals surface area (Å²) in [6, 6.07) is 2.91. The lowest BCUT2D eigenvalue weighted by atomic mass is 9.88. The van der Waals surface area contributed by atoms with Crippen molar-refractivity contribution in [2.75, 3.05) is 7.11 Å². The number of hydrogen-bond acceptors (Lipinski definition) is 4. The highest BCUT2D eigenvalue weighted by atomic mass is 19.1. The molecular weight excluding hydrogens is 273 g/mol. The number of carbonyl (C=O) groups excluding carboxylic acids is 1. The van der Waals surface area contributed by atoms with E-state index in [0.717, 1.165) is 12.8 Å². The number of ether oxygens (including phenoxy) is 2. The van der Waals surface area contributed by atoms with Crippen molar-refractivity contribution >= 4 is 6.08 Å². The predicted molar refractivity (Wildman–Crippen MR) is 77.0 cm³/mol. The molecule has 0 N–H and O–H groups in total. The van der Waals surface area contributed by atoms with E-state index in [1.54, 1.807) is 12.1 Å². The van der Waals surface area contributed by atoms with E-state index in [9.17, 15) is 9.18 Å². The van der Waals surface area contributed by atoms with E-state index in [4.69, 9.17) is 9.47 Å². The molecule has 2 rings (SSSR count). The minimum atomic E-state index is -0.810. The number of isocyanates is 1. The second kappa shape index (κ2) is 6.27. The van der Waals surface area contributed by atoms with Gasteiger partial charge in [0.15, 0.2) is 11.5 Å². The molecule has 1 saturated carbocycles. The van der Waals surface area contributed by atoms with Gasteiger partial charge in [-0.05, 0) is 32.8 Å². The minimum Gasteiger partial charge on any atom is -0.493 e. The van der Waals surface area contributed by atoms with E-state index in [1.807, 2.05) is 13.8 Å². The highest BCUT2D eigenvalue weighted by Crippen LogP contribution is 2.45. The summed E-state index contributed by atoms with van der Waals surface area (Å²) in [5.41, 5.74) is -0.425. The average molecular weight is 293 g/mol. The first-order chi connectivity index (χ1) is 10.0. The first-order valence-corrected chi connectivity index (χ1v) is 7.16. The molecule has 0 radical (unpaired) electrons. The normalized spacial score (nSPS) is 16.6. The van der Waals surface area contributed by atoms with Crippen molar-refractivity contribution in [1.29, 1.82) is 0 Å². The summed E-state index contributed by atoms with van der Waals surface area (Å²) < 4.78 is 25.4. The van der Waals surface area contributed by atoms with Crippen molar-refractivity contribution < 1.29 is 18.7 Å². The van der Waals surface area contributed by atoms with E-state index >= 15 is 0 Å². The number of methoxy groups -OCH3 is 1. The van der Waals surface area contributed by atoms with E-state index in [-0.39, 0.29) is 6.10 Å². The lowest BCUT2D eigenvalue weighted by molar-refractivity contribution is 0.228. The van der Waals surface area contributed by atoms with Gasteiger partial charge in [0.05, 0.1) is 13.2 Å². The second-order valence-electron chi connectivity index (χ2n) is 5.59. The van der Waals surface area contributed by atoms with Crippen molar-refractivity contribution in [2.24, 2.45) is 4.99 Å². The van der Waals surface area contributed by atoms with Crippen molar-refractivity contribution in [3.05, 3.63) is 23.5 Å². The van der Waals surface area contributed by atoms with Gasteiger partial charge in [0.2, 0.25) is 6.08 Å². The largest absolute Gasteiger partial charge is 0.493 e. The summed E-state index contributed by atoms with van der Waals surface area (Å²) in [5, 5.41) is 0. The number of rotatable bonds is 5. The maximum absolute atomic E-state index is 14.5. The average Bonchev–Trinajstić information content (AvgIpc) is 2.88. The van der Waals surface area contributed by atoms with Gasteiger partial charge in [0, 0.05) is 11.6 Å². The highest BCUT2D eigenvalue weighted by Gasteiger charge is 2.38. The first-order valence-electron chi connectivity index (χ1n) is 7.16. The van der Waals surface area contributed by atoms with Crippen molar-refractivity contribution in [3.8, 4) is 11.5 Å². The number of hydrogen-bond donors (Lipinski definition) is 0. The Kier molecular flexibility index (Phi) is 4.63. The molecule has 0 aromatic heterocycles. The van der Waals surface area contributed by atoms with Crippen LogP contribution in [0.25, 0.3) is 0 Å². The maximum atomic E-state index is 14.5. The van der Waals surface area contributed by atoms with Gasteiger partial charge in [-0.15, -0.1) is 0 Å². The quantitative estimate of drug-likeness (QED) is 0.614. The van der Waals surface area contributed by atoms with Gasteiger partial charge < -0.3 is 9.47 Å². The van der Waals surface area contributed by atoms with E-state index in [1.165, 1.54) is 13.2 Å². The molecule has 21 heavy (non-hydrogen) atoms. The van der Waals surface area contributed by atoms with Crippen LogP contribution in [0.1, 0.15) is 45.1 Å². The topological polar surface area (TPSA) is 47.9 Å². The number of halogens is 1. The molecule has 0 bridgehead atoms. The van der Waals surface area contributed by atoms with Crippen LogP contribution >= 0.6 is 0 Å². The fourth-order valence-corrected chi connectivity index (χ4v) is 2.89. The summed E-state index contributed by atoms with van der Waals surface area (Å²) in [6.07, 6.45) is 4.63. The molecule has 4 nitrogen and oxygen atoms in total. The van der Waals surface area contributed by atoms with Gasteiger partial charge in [-0.1, -0.05) is 12.8 Å². The van der Waals surface area contributed by atoms with Gasteiger partial charge in [-0.25, -0.2) is 9.18 Å². The third-order valence-electron chi connectivity index (χ3n) is 3.81. The van der Waals surface area contributed by atoms with Crippen molar-refractivity contribution in [1.82, 2.24) is 0 Å². The van der Waals surface area contributed by atoms with Gasteiger partial charge >= 0.3 is 0 Å². The Bertz CT molecular complexity index is 559. The molecular formula is C16H20FNO3. The second-order valence-corrected chi connectivity index (χ2v) is 5.59. The Morgan fingerprint density at radius 2 is 1.95 bits per heavy atom. The number of nitrogens with zero attached hydrogens (tertiary/aromatic N) is 1. The molecule has 0 aliphatic heterocycles. The Hall–Kier alpha value is -1.87. The zero-order valence-electron chi connectivity index (χ0n) is 12.6. The molecule has 1 aliphatic rings. The summed E-state index contributed by atoms with van der Waals surface area (Å²) in [7, 11) is 1.51. The van der Waals surface area contributed by atoms with E-state index in [2.05, 4.69) is 4.99 Å².